The van der Waals surface area contributed by atoms with Crippen molar-refractivity contribution in [3.8, 4) is 11.1 Å². The van der Waals surface area contributed by atoms with Crippen LogP contribution in [0.3, 0.4) is 0 Å². The Hall–Kier alpha value is -2.17. The molecule has 0 N–H and O–H groups in total. The van der Waals surface area contributed by atoms with Crippen molar-refractivity contribution in [2.75, 3.05) is 0 Å². The van der Waals surface area contributed by atoms with E-state index in [1.807, 2.05) is 12.1 Å². The highest BCUT2D eigenvalue weighted by molar-refractivity contribution is 7.55. The molecular formula is C20H17P. The van der Waals surface area contributed by atoms with Gasteiger partial charge in [0.1, 0.15) is 0 Å². The third-order valence-electron chi connectivity index (χ3n) is 3.44. The zero-order valence-electron chi connectivity index (χ0n) is 11.8. The molecule has 0 aliphatic heterocycles. The van der Waals surface area contributed by atoms with E-state index in [1.54, 1.807) is 0 Å². The van der Waals surface area contributed by atoms with Crippen molar-refractivity contribution in [3.05, 3.63) is 91.0 Å². The molecule has 0 spiro atoms. The summed E-state index contributed by atoms with van der Waals surface area (Å²) in [5.41, 5.74) is 3.66. The van der Waals surface area contributed by atoms with Crippen LogP contribution < -0.4 is 10.6 Å². The van der Waals surface area contributed by atoms with Gasteiger partial charge in [-0.15, -0.1) is 0 Å². The first-order chi connectivity index (χ1) is 10.4. The van der Waals surface area contributed by atoms with E-state index in [0.717, 1.165) is 0 Å². The van der Waals surface area contributed by atoms with E-state index in [9.17, 15) is 0 Å². The lowest BCUT2D eigenvalue weighted by atomic mass is 10.00. The fourth-order valence-corrected chi connectivity index (χ4v) is 3.38. The molecule has 0 amide bonds. The minimum Gasteiger partial charge on any atom is -0.0984 e. The molecular weight excluding hydrogens is 271 g/mol. The van der Waals surface area contributed by atoms with Crippen LogP contribution >= 0.6 is 8.58 Å². The van der Waals surface area contributed by atoms with Gasteiger partial charge in [0, 0.05) is 0 Å². The van der Waals surface area contributed by atoms with E-state index in [2.05, 4.69) is 79.4 Å². The zero-order chi connectivity index (χ0) is 14.5. The van der Waals surface area contributed by atoms with Gasteiger partial charge in [-0.2, -0.15) is 0 Å². The lowest BCUT2D eigenvalue weighted by molar-refractivity contribution is 1.61. The van der Waals surface area contributed by atoms with Crippen LogP contribution in [-0.4, -0.2) is 0 Å². The number of hydrogen-bond donors (Lipinski definition) is 0. The standard InChI is InChI=1S/C20H17P/c1-2-16-8-6-7-11-20(16)17-12-14-19(15-13-17)21-18-9-4-3-5-10-18/h2-15,21H,1H2. The molecule has 0 saturated heterocycles. The van der Waals surface area contributed by atoms with Gasteiger partial charge in [0.05, 0.1) is 0 Å². The van der Waals surface area contributed by atoms with Gasteiger partial charge in [0.2, 0.25) is 0 Å². The van der Waals surface area contributed by atoms with Crippen molar-refractivity contribution in [1.29, 1.82) is 0 Å². The Labute approximate surface area is 128 Å². The lowest BCUT2D eigenvalue weighted by Crippen LogP contribution is -2.02. The summed E-state index contributed by atoms with van der Waals surface area (Å²) >= 11 is 0. The summed E-state index contributed by atoms with van der Waals surface area (Å²) in [6.45, 7) is 3.89. The molecule has 1 atom stereocenters. The second kappa shape index (κ2) is 6.52. The monoisotopic (exact) mass is 288 g/mol. The van der Waals surface area contributed by atoms with Crippen molar-refractivity contribution in [3.63, 3.8) is 0 Å². The molecule has 0 radical (unpaired) electrons. The van der Waals surface area contributed by atoms with Crippen LogP contribution in [0.5, 0.6) is 0 Å². The molecule has 3 aromatic carbocycles. The number of rotatable bonds is 4. The summed E-state index contributed by atoms with van der Waals surface area (Å²) in [6.07, 6.45) is 1.91. The summed E-state index contributed by atoms with van der Waals surface area (Å²) in [5.74, 6) is 0. The first-order valence-corrected chi connectivity index (χ1v) is 8.01. The first-order valence-electron chi connectivity index (χ1n) is 7.01. The molecule has 0 aliphatic rings. The number of benzene rings is 3. The topological polar surface area (TPSA) is 0 Å². The van der Waals surface area contributed by atoms with Gasteiger partial charge >= 0.3 is 0 Å². The highest BCUT2D eigenvalue weighted by atomic mass is 31.1. The van der Waals surface area contributed by atoms with Gasteiger partial charge in [-0.05, 0) is 27.3 Å². The highest BCUT2D eigenvalue weighted by Gasteiger charge is 2.02. The first kappa shape index (κ1) is 13.8. The fourth-order valence-electron chi connectivity index (χ4n) is 2.36. The van der Waals surface area contributed by atoms with E-state index >= 15 is 0 Å². The average molecular weight is 288 g/mol. The predicted molar refractivity (Wildman–Crippen MR) is 96.0 cm³/mol. The van der Waals surface area contributed by atoms with Crippen LogP contribution in [0.2, 0.25) is 0 Å². The lowest BCUT2D eigenvalue weighted by Gasteiger charge is -2.08. The van der Waals surface area contributed by atoms with E-state index in [1.165, 1.54) is 27.3 Å². The molecule has 21 heavy (non-hydrogen) atoms. The molecule has 0 heterocycles. The Bertz CT molecular complexity index is 727. The summed E-state index contributed by atoms with van der Waals surface area (Å²) in [5, 5.41) is 2.73. The van der Waals surface area contributed by atoms with Crippen molar-refractivity contribution in [2.24, 2.45) is 0 Å². The maximum Gasteiger partial charge on any atom is -0.0112 e. The highest BCUT2D eigenvalue weighted by Crippen LogP contribution is 2.24. The van der Waals surface area contributed by atoms with Gasteiger partial charge in [0.15, 0.2) is 0 Å². The zero-order valence-corrected chi connectivity index (χ0v) is 12.8. The Morgan fingerprint density at radius 2 is 1.29 bits per heavy atom. The van der Waals surface area contributed by atoms with Crippen LogP contribution in [-0.2, 0) is 0 Å². The fraction of sp³-hybridized carbons (Fsp3) is 0. The van der Waals surface area contributed by atoms with Crippen LogP contribution in [0.15, 0.2) is 85.4 Å². The Morgan fingerprint density at radius 3 is 2.00 bits per heavy atom. The third-order valence-corrected chi connectivity index (χ3v) is 4.68. The second-order valence-corrected chi connectivity index (χ2v) is 6.26. The summed E-state index contributed by atoms with van der Waals surface area (Å²) in [7, 11) is 0.708. The molecule has 0 aliphatic carbocycles. The van der Waals surface area contributed by atoms with Gasteiger partial charge in [-0.1, -0.05) is 100 Å². The van der Waals surface area contributed by atoms with Crippen molar-refractivity contribution in [2.45, 2.75) is 0 Å². The molecule has 0 saturated carbocycles. The predicted octanol–water partition coefficient (Wildman–Crippen LogP) is 4.63. The van der Waals surface area contributed by atoms with Gasteiger partial charge < -0.3 is 0 Å². The van der Waals surface area contributed by atoms with Crippen molar-refractivity contribution < 1.29 is 0 Å². The third kappa shape index (κ3) is 3.29. The van der Waals surface area contributed by atoms with E-state index < -0.39 is 0 Å². The molecule has 0 bridgehead atoms. The average Bonchev–Trinajstić information content (AvgIpc) is 2.56. The van der Waals surface area contributed by atoms with Crippen molar-refractivity contribution in [1.82, 2.24) is 0 Å². The SMILES string of the molecule is C=Cc1ccccc1-c1ccc(Pc2ccccc2)cc1. The van der Waals surface area contributed by atoms with Gasteiger partial charge in [-0.3, -0.25) is 0 Å². The Kier molecular flexibility index (Phi) is 4.28. The molecule has 3 aromatic rings. The van der Waals surface area contributed by atoms with E-state index in [0.29, 0.717) is 8.58 Å². The number of hydrogen-bond acceptors (Lipinski definition) is 0. The maximum absolute atomic E-state index is 3.89. The molecule has 1 unspecified atom stereocenters. The Morgan fingerprint density at radius 1 is 0.667 bits per heavy atom. The van der Waals surface area contributed by atoms with Crippen LogP contribution in [0.4, 0.5) is 0 Å². The maximum atomic E-state index is 3.89. The smallest absolute Gasteiger partial charge is 0.0112 e. The molecule has 102 valence electrons. The summed E-state index contributed by atoms with van der Waals surface area (Å²) in [4.78, 5) is 0. The molecule has 0 aromatic heterocycles. The largest absolute Gasteiger partial charge is 0.0984 e. The van der Waals surface area contributed by atoms with E-state index in [-0.39, 0.29) is 0 Å². The van der Waals surface area contributed by atoms with Crippen LogP contribution in [0.1, 0.15) is 5.56 Å². The molecule has 1 heteroatoms. The Balaban J connectivity index is 1.86. The minimum absolute atomic E-state index is 0.708. The second-order valence-electron chi connectivity index (χ2n) is 4.86. The molecule has 0 fully saturated rings. The normalized spacial score (nSPS) is 10.9. The summed E-state index contributed by atoms with van der Waals surface area (Å²) in [6, 6.07) is 27.8. The van der Waals surface area contributed by atoms with E-state index in [4.69, 9.17) is 0 Å². The van der Waals surface area contributed by atoms with Gasteiger partial charge in [-0.25, -0.2) is 0 Å². The van der Waals surface area contributed by atoms with Crippen molar-refractivity contribution >= 4 is 25.3 Å². The van der Waals surface area contributed by atoms with Crippen LogP contribution in [0.25, 0.3) is 17.2 Å². The molecule has 0 nitrogen and oxygen atoms in total. The van der Waals surface area contributed by atoms with Gasteiger partial charge in [0.25, 0.3) is 0 Å². The quantitative estimate of drug-likeness (QED) is 0.614. The molecule has 3 rings (SSSR count). The summed E-state index contributed by atoms with van der Waals surface area (Å²) < 4.78 is 0. The van der Waals surface area contributed by atoms with Crippen LogP contribution in [0, 0.1) is 0 Å². The minimum atomic E-state index is 0.708.